The Bertz CT molecular complexity index is 427. The van der Waals surface area contributed by atoms with Crippen LogP contribution < -0.4 is 11.1 Å². The van der Waals surface area contributed by atoms with Crippen molar-refractivity contribution in [3.63, 3.8) is 0 Å². The molecule has 1 unspecified atom stereocenters. The highest BCUT2D eigenvalue weighted by Crippen LogP contribution is 2.17. The molecule has 0 radical (unpaired) electrons. The van der Waals surface area contributed by atoms with Crippen LogP contribution in [0.5, 0.6) is 5.75 Å². The van der Waals surface area contributed by atoms with Gasteiger partial charge < -0.3 is 20.9 Å². The summed E-state index contributed by atoms with van der Waals surface area (Å²) in [5.41, 5.74) is 5.83. The van der Waals surface area contributed by atoms with Crippen LogP contribution in [-0.2, 0) is 11.2 Å². The van der Waals surface area contributed by atoms with Gasteiger partial charge in [-0.05, 0) is 38.8 Å². The van der Waals surface area contributed by atoms with Gasteiger partial charge >= 0.3 is 6.09 Å². The molecule has 0 fully saturated rings. The monoisotopic (exact) mass is 266 g/mol. The zero-order chi connectivity index (χ0) is 14.5. The molecule has 1 amide bonds. The summed E-state index contributed by atoms with van der Waals surface area (Å²) in [6, 6.07) is 6.71. The summed E-state index contributed by atoms with van der Waals surface area (Å²) in [7, 11) is 0. The maximum atomic E-state index is 11.7. The van der Waals surface area contributed by atoms with E-state index in [1.54, 1.807) is 39.0 Å². The van der Waals surface area contributed by atoms with Gasteiger partial charge in [-0.25, -0.2) is 4.79 Å². The number of nitrogens with one attached hydrogen (secondary N) is 1. The van der Waals surface area contributed by atoms with Gasteiger partial charge in [0, 0.05) is 12.6 Å². The van der Waals surface area contributed by atoms with Gasteiger partial charge in [0.2, 0.25) is 0 Å². The molecule has 1 aromatic carbocycles. The van der Waals surface area contributed by atoms with Crippen LogP contribution in [0, 0.1) is 0 Å². The van der Waals surface area contributed by atoms with Crippen LogP contribution in [-0.4, -0.2) is 29.4 Å². The number of aromatic hydroxyl groups is 1. The van der Waals surface area contributed by atoms with E-state index in [1.165, 1.54) is 0 Å². The SMILES string of the molecule is CC(C)(C)OC(=O)NC(CN)Cc1ccccc1O. The Hall–Kier alpha value is -1.75. The normalized spacial score (nSPS) is 12.8. The second kappa shape index (κ2) is 6.43. The third kappa shape index (κ3) is 5.61. The van der Waals surface area contributed by atoms with Crippen LogP contribution in [0.3, 0.4) is 0 Å². The van der Waals surface area contributed by atoms with E-state index < -0.39 is 11.7 Å². The number of benzene rings is 1. The summed E-state index contributed by atoms with van der Waals surface area (Å²) in [5, 5.41) is 12.4. The highest BCUT2D eigenvalue weighted by Gasteiger charge is 2.19. The van der Waals surface area contributed by atoms with E-state index in [0.717, 1.165) is 5.56 Å². The predicted octanol–water partition coefficient (Wildman–Crippen LogP) is 1.79. The van der Waals surface area contributed by atoms with Crippen molar-refractivity contribution >= 4 is 6.09 Å². The number of amides is 1. The number of carbonyl (C=O) groups is 1. The van der Waals surface area contributed by atoms with Crippen LogP contribution in [0.2, 0.25) is 0 Å². The van der Waals surface area contributed by atoms with E-state index in [4.69, 9.17) is 10.5 Å². The maximum absolute atomic E-state index is 11.7. The number of alkyl carbamates (subject to hydrolysis) is 1. The minimum atomic E-state index is -0.544. The van der Waals surface area contributed by atoms with Crippen molar-refractivity contribution in [1.82, 2.24) is 5.32 Å². The molecule has 106 valence electrons. The van der Waals surface area contributed by atoms with Gasteiger partial charge in [0.05, 0.1) is 0 Å². The fourth-order valence-electron chi connectivity index (χ4n) is 1.62. The molecular weight excluding hydrogens is 244 g/mol. The fraction of sp³-hybridized carbons (Fsp3) is 0.500. The number of rotatable bonds is 4. The van der Waals surface area contributed by atoms with Gasteiger partial charge in [-0.3, -0.25) is 0 Å². The molecule has 5 nitrogen and oxygen atoms in total. The number of hydrogen-bond donors (Lipinski definition) is 3. The molecule has 0 spiro atoms. The summed E-state index contributed by atoms with van der Waals surface area (Å²) in [4.78, 5) is 11.7. The van der Waals surface area contributed by atoms with Crippen molar-refractivity contribution in [1.29, 1.82) is 0 Å². The third-order valence-electron chi connectivity index (χ3n) is 2.46. The van der Waals surface area contributed by atoms with Gasteiger partial charge in [-0.2, -0.15) is 0 Å². The first kappa shape index (κ1) is 15.3. The van der Waals surface area contributed by atoms with E-state index in [9.17, 15) is 9.90 Å². The quantitative estimate of drug-likeness (QED) is 0.775. The van der Waals surface area contributed by atoms with E-state index in [0.29, 0.717) is 6.42 Å². The Morgan fingerprint density at radius 3 is 2.58 bits per heavy atom. The second-order valence-electron chi connectivity index (χ2n) is 5.41. The van der Waals surface area contributed by atoms with Gasteiger partial charge in [-0.15, -0.1) is 0 Å². The molecule has 0 aliphatic rings. The van der Waals surface area contributed by atoms with E-state index in [2.05, 4.69) is 5.32 Å². The highest BCUT2D eigenvalue weighted by molar-refractivity contribution is 5.68. The Kier molecular flexibility index (Phi) is 5.18. The number of carbonyl (C=O) groups excluding carboxylic acids is 1. The second-order valence-corrected chi connectivity index (χ2v) is 5.41. The topological polar surface area (TPSA) is 84.6 Å². The molecule has 1 aromatic rings. The Balaban J connectivity index is 2.60. The van der Waals surface area contributed by atoms with Crippen molar-refractivity contribution in [2.75, 3.05) is 6.54 Å². The average molecular weight is 266 g/mol. The first-order chi connectivity index (χ1) is 8.81. The molecule has 0 bridgehead atoms. The summed E-state index contributed by atoms with van der Waals surface area (Å²) in [6.45, 7) is 5.67. The average Bonchev–Trinajstić information content (AvgIpc) is 2.28. The zero-order valence-electron chi connectivity index (χ0n) is 11.6. The number of phenols is 1. The van der Waals surface area contributed by atoms with Crippen molar-refractivity contribution in [2.45, 2.75) is 38.8 Å². The molecule has 0 aliphatic carbocycles. The minimum absolute atomic E-state index is 0.201. The summed E-state index contributed by atoms with van der Waals surface area (Å²) < 4.78 is 5.17. The molecular formula is C14H22N2O3. The summed E-state index contributed by atoms with van der Waals surface area (Å²) in [5.74, 6) is 0.201. The lowest BCUT2D eigenvalue weighted by atomic mass is 10.1. The lowest BCUT2D eigenvalue weighted by Crippen LogP contribution is -2.44. The molecule has 0 aromatic heterocycles. The first-order valence-corrected chi connectivity index (χ1v) is 6.28. The molecule has 0 aliphatic heterocycles. The summed E-state index contributed by atoms with van der Waals surface area (Å²) >= 11 is 0. The van der Waals surface area contributed by atoms with Crippen LogP contribution >= 0.6 is 0 Å². The fourth-order valence-corrected chi connectivity index (χ4v) is 1.62. The molecule has 0 saturated carbocycles. The van der Waals surface area contributed by atoms with Gasteiger partial charge in [0.15, 0.2) is 0 Å². The van der Waals surface area contributed by atoms with Gasteiger partial charge in [0.1, 0.15) is 11.4 Å². The summed E-state index contributed by atoms with van der Waals surface area (Å²) in [6.07, 6.45) is -0.0408. The van der Waals surface area contributed by atoms with E-state index in [1.807, 2.05) is 6.07 Å². The molecule has 5 heteroatoms. The van der Waals surface area contributed by atoms with Crippen molar-refractivity contribution in [2.24, 2.45) is 5.73 Å². The number of para-hydroxylation sites is 1. The highest BCUT2D eigenvalue weighted by atomic mass is 16.6. The molecule has 0 saturated heterocycles. The number of hydrogen-bond acceptors (Lipinski definition) is 4. The largest absolute Gasteiger partial charge is 0.508 e. The lowest BCUT2D eigenvalue weighted by Gasteiger charge is -2.23. The Morgan fingerprint density at radius 1 is 1.42 bits per heavy atom. The standard InChI is InChI=1S/C14H22N2O3/c1-14(2,3)19-13(18)16-11(9-15)8-10-6-4-5-7-12(10)17/h4-7,11,17H,8-9,15H2,1-3H3,(H,16,18). The van der Waals surface area contributed by atoms with Crippen LogP contribution in [0.4, 0.5) is 4.79 Å². The Labute approximate surface area is 113 Å². The lowest BCUT2D eigenvalue weighted by molar-refractivity contribution is 0.0505. The Morgan fingerprint density at radius 2 is 2.05 bits per heavy atom. The maximum Gasteiger partial charge on any atom is 0.407 e. The van der Waals surface area contributed by atoms with Crippen LogP contribution in [0.1, 0.15) is 26.3 Å². The van der Waals surface area contributed by atoms with Crippen molar-refractivity contribution < 1.29 is 14.6 Å². The predicted molar refractivity (Wildman–Crippen MR) is 74.0 cm³/mol. The van der Waals surface area contributed by atoms with Crippen LogP contribution in [0.25, 0.3) is 0 Å². The van der Waals surface area contributed by atoms with Gasteiger partial charge in [-0.1, -0.05) is 18.2 Å². The van der Waals surface area contributed by atoms with Gasteiger partial charge in [0.25, 0.3) is 0 Å². The minimum Gasteiger partial charge on any atom is -0.508 e. The van der Waals surface area contributed by atoms with Crippen molar-refractivity contribution in [3.8, 4) is 5.75 Å². The van der Waals surface area contributed by atoms with E-state index in [-0.39, 0.29) is 18.3 Å². The zero-order valence-corrected chi connectivity index (χ0v) is 11.6. The first-order valence-electron chi connectivity index (χ1n) is 6.28. The molecule has 4 N–H and O–H groups in total. The number of ether oxygens (including phenoxy) is 1. The van der Waals surface area contributed by atoms with E-state index >= 15 is 0 Å². The molecule has 1 rings (SSSR count). The number of phenolic OH excluding ortho intramolecular Hbond substituents is 1. The molecule has 19 heavy (non-hydrogen) atoms. The third-order valence-corrected chi connectivity index (χ3v) is 2.46. The number of nitrogens with two attached hydrogens (primary N) is 1. The molecule has 0 heterocycles. The smallest absolute Gasteiger partial charge is 0.407 e. The molecule has 1 atom stereocenters. The van der Waals surface area contributed by atoms with Crippen LogP contribution in [0.15, 0.2) is 24.3 Å². The van der Waals surface area contributed by atoms with Crippen molar-refractivity contribution in [3.05, 3.63) is 29.8 Å².